The molecule has 0 saturated carbocycles. The summed E-state index contributed by atoms with van der Waals surface area (Å²) in [6.45, 7) is 0. The summed E-state index contributed by atoms with van der Waals surface area (Å²) >= 11 is 0. The maximum absolute atomic E-state index is 4.76. The highest BCUT2D eigenvalue weighted by molar-refractivity contribution is 5.99. The number of nitrogens with zero attached hydrogens (tertiary/aromatic N) is 10. The van der Waals surface area contributed by atoms with Gasteiger partial charge in [-0.1, -0.05) is 12.1 Å². The lowest BCUT2D eigenvalue weighted by molar-refractivity contribution is 1.17. The molecule has 0 atom stereocenters. The lowest BCUT2D eigenvalue weighted by atomic mass is 9.85. The zero-order chi connectivity index (χ0) is 32.1. The molecule has 6 heterocycles. The third kappa shape index (κ3) is 5.54. The first-order chi connectivity index (χ1) is 23.8. The molecule has 10 nitrogen and oxygen atoms in total. The molecule has 0 spiro atoms. The molecule has 8 aromatic rings. The third-order valence-corrected chi connectivity index (χ3v) is 7.91. The van der Waals surface area contributed by atoms with Gasteiger partial charge < -0.3 is 0 Å². The zero-order valence-corrected chi connectivity index (χ0v) is 25.3. The molecular formula is C38H24N10. The average Bonchev–Trinajstić information content (AvgIpc) is 3.19. The molecule has 0 radical (unpaired) electrons. The van der Waals surface area contributed by atoms with Gasteiger partial charge in [0.05, 0.1) is 23.3 Å². The Labute approximate surface area is 275 Å². The quantitative estimate of drug-likeness (QED) is 0.179. The van der Waals surface area contributed by atoms with E-state index in [2.05, 4.69) is 59.2 Å². The van der Waals surface area contributed by atoms with Gasteiger partial charge in [0.2, 0.25) is 0 Å². The van der Waals surface area contributed by atoms with Crippen molar-refractivity contribution in [2.45, 2.75) is 0 Å². The van der Waals surface area contributed by atoms with Crippen molar-refractivity contribution in [2.75, 3.05) is 0 Å². The SMILES string of the molecule is c1ccc(-c2c(-c3cncnc3)cc(-c3cc(-c4cncnc4)c(-c4ccccn4)c(-c4cnccn4)c3)cc2-c2cncnc2)nc1. The second-order valence-corrected chi connectivity index (χ2v) is 10.8. The fraction of sp³-hybridized carbons (Fsp3) is 0. The lowest BCUT2D eigenvalue weighted by Gasteiger charge is -2.20. The Balaban J connectivity index is 1.48. The van der Waals surface area contributed by atoms with Crippen LogP contribution in [0.3, 0.4) is 0 Å². The van der Waals surface area contributed by atoms with E-state index in [4.69, 9.17) is 15.0 Å². The van der Waals surface area contributed by atoms with Crippen molar-refractivity contribution >= 4 is 0 Å². The monoisotopic (exact) mass is 620 g/mol. The Hall–Kier alpha value is -6.94. The summed E-state index contributed by atoms with van der Waals surface area (Å²) < 4.78 is 0. The molecule has 48 heavy (non-hydrogen) atoms. The summed E-state index contributed by atoms with van der Waals surface area (Å²) in [6.07, 6.45) is 24.1. The van der Waals surface area contributed by atoms with Gasteiger partial charge in [-0.2, -0.15) is 0 Å². The van der Waals surface area contributed by atoms with Crippen molar-refractivity contribution in [3.8, 4) is 78.3 Å². The number of pyridine rings is 2. The van der Waals surface area contributed by atoms with Gasteiger partial charge in [0.1, 0.15) is 19.0 Å². The summed E-state index contributed by atoms with van der Waals surface area (Å²) in [4.78, 5) is 44.8. The molecule has 0 amide bonds. The molecule has 10 heteroatoms. The highest BCUT2D eigenvalue weighted by Crippen LogP contribution is 2.45. The molecule has 0 aliphatic carbocycles. The van der Waals surface area contributed by atoms with E-state index in [0.29, 0.717) is 5.69 Å². The molecule has 2 aromatic carbocycles. The van der Waals surface area contributed by atoms with Crippen LogP contribution < -0.4 is 0 Å². The van der Waals surface area contributed by atoms with Crippen LogP contribution in [0.4, 0.5) is 0 Å². The Morgan fingerprint density at radius 2 is 0.729 bits per heavy atom. The first kappa shape index (κ1) is 28.5. The van der Waals surface area contributed by atoms with Crippen LogP contribution in [0.5, 0.6) is 0 Å². The van der Waals surface area contributed by atoms with E-state index in [0.717, 1.165) is 72.6 Å². The number of aromatic nitrogens is 10. The first-order valence-electron chi connectivity index (χ1n) is 15.1. The topological polar surface area (TPSA) is 129 Å². The fourth-order valence-corrected chi connectivity index (χ4v) is 5.83. The van der Waals surface area contributed by atoms with E-state index in [9.17, 15) is 0 Å². The minimum Gasteiger partial charge on any atom is -0.261 e. The van der Waals surface area contributed by atoms with Crippen molar-refractivity contribution in [1.29, 1.82) is 0 Å². The Morgan fingerprint density at radius 1 is 0.312 bits per heavy atom. The summed E-state index contributed by atoms with van der Waals surface area (Å²) in [5.74, 6) is 0. The largest absolute Gasteiger partial charge is 0.261 e. The van der Waals surface area contributed by atoms with Crippen molar-refractivity contribution in [3.05, 3.63) is 148 Å². The summed E-state index contributed by atoms with van der Waals surface area (Å²) in [5, 5.41) is 0. The summed E-state index contributed by atoms with van der Waals surface area (Å²) in [5.41, 5.74) is 12.1. The van der Waals surface area contributed by atoms with Crippen LogP contribution in [-0.4, -0.2) is 49.8 Å². The Morgan fingerprint density at radius 3 is 1.12 bits per heavy atom. The molecule has 6 aromatic heterocycles. The standard InChI is InChI=1S/C38H24N10/c1-3-7-46-34(5-1)37-30(27-15-40-22-41-16-27)11-25(12-31(37)28-17-42-23-43-18-28)26-13-32(29-19-44-24-45-20-29)38(35-6-2-4-8-47-35)33(14-26)36-21-39-9-10-48-36/h1-24H. The zero-order valence-electron chi connectivity index (χ0n) is 25.3. The number of hydrogen-bond acceptors (Lipinski definition) is 10. The van der Waals surface area contributed by atoms with Gasteiger partial charge in [0.25, 0.3) is 0 Å². The van der Waals surface area contributed by atoms with E-state index in [1.807, 2.05) is 73.6 Å². The minimum atomic E-state index is 0.705. The van der Waals surface area contributed by atoms with Gasteiger partial charge in [-0.3, -0.25) is 19.9 Å². The molecule has 0 aliphatic heterocycles. The summed E-state index contributed by atoms with van der Waals surface area (Å²) in [7, 11) is 0. The lowest BCUT2D eigenvalue weighted by Crippen LogP contribution is -1.98. The van der Waals surface area contributed by atoms with Gasteiger partial charge in [0, 0.05) is 95.3 Å². The van der Waals surface area contributed by atoms with Gasteiger partial charge in [-0.15, -0.1) is 0 Å². The second kappa shape index (κ2) is 12.8. The minimum absolute atomic E-state index is 0.705. The third-order valence-electron chi connectivity index (χ3n) is 7.91. The number of benzene rings is 2. The average molecular weight is 621 g/mol. The predicted octanol–water partition coefficient (Wildman–Crippen LogP) is 7.31. The smallest absolute Gasteiger partial charge is 0.115 e. The molecule has 0 unspecified atom stereocenters. The molecule has 0 aliphatic rings. The molecule has 0 fully saturated rings. The van der Waals surface area contributed by atoms with Crippen LogP contribution >= 0.6 is 0 Å². The van der Waals surface area contributed by atoms with E-state index < -0.39 is 0 Å². The van der Waals surface area contributed by atoms with Crippen LogP contribution in [0, 0.1) is 0 Å². The van der Waals surface area contributed by atoms with E-state index in [-0.39, 0.29) is 0 Å². The highest BCUT2D eigenvalue weighted by atomic mass is 14.8. The second-order valence-electron chi connectivity index (χ2n) is 10.8. The maximum atomic E-state index is 4.76. The van der Waals surface area contributed by atoms with Crippen LogP contribution in [0.25, 0.3) is 78.3 Å². The number of hydrogen-bond donors (Lipinski definition) is 0. The van der Waals surface area contributed by atoms with Crippen LogP contribution in [0.1, 0.15) is 0 Å². The van der Waals surface area contributed by atoms with E-state index in [1.165, 1.54) is 19.0 Å². The molecule has 8 rings (SSSR count). The van der Waals surface area contributed by atoms with E-state index in [1.54, 1.807) is 31.0 Å². The summed E-state index contributed by atoms with van der Waals surface area (Å²) in [6, 6.07) is 20.3. The molecular weight excluding hydrogens is 596 g/mol. The first-order valence-corrected chi connectivity index (χ1v) is 15.1. The van der Waals surface area contributed by atoms with Crippen LogP contribution in [0.15, 0.2) is 148 Å². The van der Waals surface area contributed by atoms with Crippen molar-refractivity contribution in [2.24, 2.45) is 0 Å². The fourth-order valence-electron chi connectivity index (χ4n) is 5.83. The van der Waals surface area contributed by atoms with Crippen molar-refractivity contribution < 1.29 is 0 Å². The Bertz CT molecular complexity index is 2020. The van der Waals surface area contributed by atoms with E-state index >= 15 is 0 Å². The molecule has 0 saturated heterocycles. The van der Waals surface area contributed by atoms with Gasteiger partial charge in [-0.25, -0.2) is 29.9 Å². The van der Waals surface area contributed by atoms with Crippen LogP contribution in [-0.2, 0) is 0 Å². The van der Waals surface area contributed by atoms with Gasteiger partial charge >= 0.3 is 0 Å². The highest BCUT2D eigenvalue weighted by Gasteiger charge is 2.22. The predicted molar refractivity (Wildman–Crippen MR) is 182 cm³/mol. The normalized spacial score (nSPS) is 10.9. The molecule has 0 N–H and O–H groups in total. The van der Waals surface area contributed by atoms with Gasteiger partial charge in [0.15, 0.2) is 0 Å². The maximum Gasteiger partial charge on any atom is 0.115 e. The van der Waals surface area contributed by atoms with Crippen LogP contribution in [0.2, 0.25) is 0 Å². The molecule has 226 valence electrons. The van der Waals surface area contributed by atoms with Crippen molar-refractivity contribution in [3.63, 3.8) is 0 Å². The van der Waals surface area contributed by atoms with Crippen molar-refractivity contribution in [1.82, 2.24) is 49.8 Å². The number of rotatable bonds is 7. The molecule has 0 bridgehead atoms. The van der Waals surface area contributed by atoms with Gasteiger partial charge in [-0.05, 0) is 76.3 Å². The Kier molecular flexibility index (Phi) is 7.62.